The number of quaternary nitrogens is 1. The third kappa shape index (κ3) is 7.36. The van der Waals surface area contributed by atoms with E-state index in [4.69, 9.17) is 22.3 Å². The summed E-state index contributed by atoms with van der Waals surface area (Å²) in [6, 6.07) is 0. The van der Waals surface area contributed by atoms with E-state index in [2.05, 4.69) is 17.6 Å². The Balaban J connectivity index is 3.56. The third-order valence-electron chi connectivity index (χ3n) is 1.27. The molecule has 3 nitrogen and oxygen atoms in total. The summed E-state index contributed by atoms with van der Waals surface area (Å²) in [5, 5.41) is 0. The van der Waals surface area contributed by atoms with Crippen molar-refractivity contribution >= 4 is 0 Å². The minimum Gasteiger partial charge on any atom is -0.362 e. The first-order valence-electron chi connectivity index (χ1n) is 4.00. The second-order valence-electron chi connectivity index (χ2n) is 3.20. The van der Waals surface area contributed by atoms with Crippen molar-refractivity contribution in [1.29, 1.82) is 0 Å². The standard InChI is InChI=1S/C10H15NO2/c1-4-6-12-8-10(3,11)9-13-7-5-2/h1-2H,6-9,11H2,3H3/p+1. The first-order valence-corrected chi connectivity index (χ1v) is 4.00. The summed E-state index contributed by atoms with van der Waals surface area (Å²) in [4.78, 5) is 0. The fraction of sp³-hybridized carbons (Fsp3) is 0.600. The second-order valence-corrected chi connectivity index (χ2v) is 3.20. The van der Waals surface area contributed by atoms with E-state index in [9.17, 15) is 0 Å². The minimum absolute atomic E-state index is 0.284. The summed E-state index contributed by atoms with van der Waals surface area (Å²) in [6.07, 6.45) is 10.1. The van der Waals surface area contributed by atoms with Gasteiger partial charge in [-0.2, -0.15) is 0 Å². The van der Waals surface area contributed by atoms with Crippen molar-refractivity contribution in [3.05, 3.63) is 0 Å². The van der Waals surface area contributed by atoms with Gasteiger partial charge >= 0.3 is 0 Å². The van der Waals surface area contributed by atoms with Gasteiger partial charge in [0.15, 0.2) is 0 Å². The number of terminal acetylenes is 2. The Kier molecular flexibility index (Phi) is 6.01. The summed E-state index contributed by atoms with van der Waals surface area (Å²) in [5.41, 5.74) is 3.64. The van der Waals surface area contributed by atoms with E-state index in [1.807, 2.05) is 6.92 Å². The molecule has 0 aromatic heterocycles. The van der Waals surface area contributed by atoms with Gasteiger partial charge in [0.1, 0.15) is 32.0 Å². The predicted molar refractivity (Wildman–Crippen MR) is 50.6 cm³/mol. The molecule has 0 atom stereocenters. The molecular weight excluding hydrogens is 166 g/mol. The summed E-state index contributed by atoms with van der Waals surface area (Å²) in [7, 11) is 0. The molecule has 3 heteroatoms. The average Bonchev–Trinajstić information content (AvgIpc) is 2.05. The largest absolute Gasteiger partial charge is 0.362 e. The number of hydrogen-bond donors (Lipinski definition) is 1. The summed E-state index contributed by atoms with van der Waals surface area (Å²) in [6.45, 7) is 3.49. The Hall–Kier alpha value is -1.00. The van der Waals surface area contributed by atoms with Crippen molar-refractivity contribution in [2.24, 2.45) is 0 Å². The smallest absolute Gasteiger partial charge is 0.139 e. The third-order valence-corrected chi connectivity index (χ3v) is 1.27. The van der Waals surface area contributed by atoms with E-state index < -0.39 is 0 Å². The average molecular weight is 182 g/mol. The van der Waals surface area contributed by atoms with Crippen LogP contribution < -0.4 is 5.73 Å². The minimum atomic E-state index is -0.284. The van der Waals surface area contributed by atoms with Crippen LogP contribution in [0.4, 0.5) is 0 Å². The maximum Gasteiger partial charge on any atom is 0.139 e. The molecule has 0 aromatic carbocycles. The van der Waals surface area contributed by atoms with E-state index in [-0.39, 0.29) is 5.54 Å². The fourth-order valence-electron chi connectivity index (χ4n) is 0.754. The molecule has 0 aliphatic rings. The molecule has 0 spiro atoms. The van der Waals surface area contributed by atoms with Gasteiger partial charge in [0, 0.05) is 0 Å². The van der Waals surface area contributed by atoms with Gasteiger partial charge in [0.05, 0.1) is 0 Å². The monoisotopic (exact) mass is 182 g/mol. The lowest BCUT2D eigenvalue weighted by molar-refractivity contribution is -0.485. The number of ether oxygens (including phenoxy) is 2. The lowest BCUT2D eigenvalue weighted by Crippen LogP contribution is -2.75. The van der Waals surface area contributed by atoms with Crippen LogP contribution in [0.1, 0.15) is 6.92 Å². The van der Waals surface area contributed by atoms with Crippen LogP contribution in [0.2, 0.25) is 0 Å². The van der Waals surface area contributed by atoms with Crippen molar-refractivity contribution in [1.82, 2.24) is 0 Å². The van der Waals surface area contributed by atoms with Crippen LogP contribution in [-0.4, -0.2) is 32.0 Å². The molecule has 0 radical (unpaired) electrons. The highest BCUT2D eigenvalue weighted by molar-refractivity contribution is 4.85. The Morgan fingerprint density at radius 2 is 1.54 bits per heavy atom. The summed E-state index contributed by atoms with van der Waals surface area (Å²) >= 11 is 0. The highest BCUT2D eigenvalue weighted by Crippen LogP contribution is 1.97. The van der Waals surface area contributed by atoms with E-state index >= 15 is 0 Å². The number of hydrogen-bond acceptors (Lipinski definition) is 2. The molecule has 13 heavy (non-hydrogen) atoms. The Labute approximate surface area is 79.6 Å². The van der Waals surface area contributed by atoms with Gasteiger partial charge < -0.3 is 15.2 Å². The summed E-state index contributed by atoms with van der Waals surface area (Å²) < 4.78 is 10.3. The maximum atomic E-state index is 5.15. The molecule has 0 saturated carbocycles. The van der Waals surface area contributed by atoms with Crippen molar-refractivity contribution in [2.75, 3.05) is 26.4 Å². The van der Waals surface area contributed by atoms with E-state index in [0.717, 1.165) is 0 Å². The molecule has 0 heterocycles. The molecule has 0 rings (SSSR count). The van der Waals surface area contributed by atoms with Gasteiger partial charge in [0.25, 0.3) is 0 Å². The Bertz CT molecular complexity index is 188. The Morgan fingerprint density at radius 3 is 1.85 bits per heavy atom. The fourth-order valence-corrected chi connectivity index (χ4v) is 0.754. The quantitative estimate of drug-likeness (QED) is 0.435. The van der Waals surface area contributed by atoms with Crippen molar-refractivity contribution in [3.8, 4) is 24.7 Å². The van der Waals surface area contributed by atoms with Crippen LogP contribution in [0.25, 0.3) is 0 Å². The molecule has 0 amide bonds. The predicted octanol–water partition coefficient (Wildman–Crippen LogP) is -0.713. The van der Waals surface area contributed by atoms with Crippen molar-refractivity contribution in [3.63, 3.8) is 0 Å². The van der Waals surface area contributed by atoms with Crippen LogP contribution in [0.3, 0.4) is 0 Å². The SMILES string of the molecule is C#CCOCC(C)([NH3+])COCC#C. The maximum absolute atomic E-state index is 5.15. The zero-order valence-electron chi connectivity index (χ0n) is 8.01. The molecule has 0 aromatic rings. The van der Waals surface area contributed by atoms with Crippen molar-refractivity contribution in [2.45, 2.75) is 12.5 Å². The molecular formula is C10H16NO2+. The van der Waals surface area contributed by atoms with Gasteiger partial charge in [-0.15, -0.1) is 12.8 Å². The molecule has 3 N–H and O–H groups in total. The molecule has 0 saturated heterocycles. The van der Waals surface area contributed by atoms with Gasteiger partial charge in [-0.1, -0.05) is 11.8 Å². The van der Waals surface area contributed by atoms with Crippen LogP contribution >= 0.6 is 0 Å². The molecule has 72 valence electrons. The second kappa shape index (κ2) is 6.51. The molecule has 0 fully saturated rings. The normalized spacial score (nSPS) is 10.5. The molecule has 0 aliphatic carbocycles. The topological polar surface area (TPSA) is 46.1 Å². The van der Waals surface area contributed by atoms with Crippen LogP contribution in [0.15, 0.2) is 0 Å². The first-order chi connectivity index (χ1) is 6.12. The van der Waals surface area contributed by atoms with Crippen LogP contribution in [0.5, 0.6) is 0 Å². The van der Waals surface area contributed by atoms with Crippen molar-refractivity contribution < 1.29 is 15.2 Å². The van der Waals surface area contributed by atoms with Crippen LogP contribution in [0, 0.1) is 24.7 Å². The molecule has 0 unspecified atom stereocenters. The highest BCUT2D eigenvalue weighted by atomic mass is 16.5. The van der Waals surface area contributed by atoms with E-state index in [1.165, 1.54) is 0 Å². The van der Waals surface area contributed by atoms with Gasteiger partial charge in [-0.05, 0) is 6.92 Å². The highest BCUT2D eigenvalue weighted by Gasteiger charge is 2.22. The van der Waals surface area contributed by atoms with E-state index in [0.29, 0.717) is 26.4 Å². The zero-order chi connectivity index (χ0) is 10.2. The van der Waals surface area contributed by atoms with Gasteiger partial charge in [0.2, 0.25) is 0 Å². The molecule has 0 bridgehead atoms. The van der Waals surface area contributed by atoms with Gasteiger partial charge in [-0.3, -0.25) is 0 Å². The van der Waals surface area contributed by atoms with Crippen LogP contribution in [-0.2, 0) is 9.47 Å². The van der Waals surface area contributed by atoms with Gasteiger partial charge in [-0.25, -0.2) is 0 Å². The summed E-state index contributed by atoms with van der Waals surface area (Å²) in [5.74, 6) is 4.77. The zero-order valence-corrected chi connectivity index (χ0v) is 8.01. The lowest BCUT2D eigenvalue weighted by atomic mass is 10.1. The molecule has 0 aliphatic heterocycles. The number of rotatable bonds is 6. The van der Waals surface area contributed by atoms with E-state index in [1.54, 1.807) is 0 Å². The lowest BCUT2D eigenvalue weighted by Gasteiger charge is -2.19. The Morgan fingerprint density at radius 1 is 1.15 bits per heavy atom. The first kappa shape index (κ1) is 12.0.